The third-order valence-electron chi connectivity index (χ3n) is 9.77. The van der Waals surface area contributed by atoms with Crippen LogP contribution < -0.4 is 0 Å². The van der Waals surface area contributed by atoms with Gasteiger partial charge in [0.1, 0.15) is 29.5 Å². The molecule has 7 rings (SSSR count). The molecule has 0 spiro atoms. The zero-order chi connectivity index (χ0) is 24.8. The highest BCUT2D eigenvalue weighted by Gasteiger charge is 2.88. The molecule has 3 N–H and O–H groups in total. The van der Waals surface area contributed by atoms with Crippen LogP contribution in [0.4, 0.5) is 0 Å². The zero-order valence-electron chi connectivity index (χ0n) is 19.9. The lowest BCUT2D eigenvalue weighted by molar-refractivity contribution is -0.439. The van der Waals surface area contributed by atoms with Crippen LogP contribution in [0.15, 0.2) is 54.1 Å². The van der Waals surface area contributed by atoms with Crippen molar-refractivity contribution < 1.29 is 39.1 Å². The summed E-state index contributed by atoms with van der Waals surface area (Å²) in [4.78, 5) is 13.5. The third-order valence-corrected chi connectivity index (χ3v) is 9.77. The number of rotatable bonds is 3. The zero-order valence-corrected chi connectivity index (χ0v) is 19.9. The van der Waals surface area contributed by atoms with E-state index >= 15 is 0 Å². The van der Waals surface area contributed by atoms with Gasteiger partial charge < -0.3 is 34.3 Å². The van der Waals surface area contributed by atoms with Crippen molar-refractivity contribution in [1.29, 1.82) is 0 Å². The monoisotopic (exact) mass is 482 g/mol. The first kappa shape index (κ1) is 22.3. The second-order valence-electron chi connectivity index (χ2n) is 11.4. The Labute approximate surface area is 203 Å². The molecule has 1 unspecified atom stereocenters. The average Bonchev–Trinajstić information content (AvgIpc) is 3.48. The normalized spacial score (nSPS) is 55.0. The Hall–Kier alpha value is -1.91. The second-order valence-corrected chi connectivity index (χ2v) is 11.4. The molecule has 3 heterocycles. The summed E-state index contributed by atoms with van der Waals surface area (Å²) in [5.41, 5.74) is -4.05. The fourth-order valence-corrected chi connectivity index (χ4v) is 8.10. The summed E-state index contributed by atoms with van der Waals surface area (Å²) >= 11 is 0. The number of epoxide rings is 1. The van der Waals surface area contributed by atoms with E-state index < -0.39 is 70.9 Å². The molecule has 3 aliphatic heterocycles. The molecule has 0 aromatic heterocycles. The molecule has 8 heteroatoms. The molecule has 8 nitrogen and oxygen atoms in total. The Bertz CT molecular complexity index is 1200. The summed E-state index contributed by atoms with van der Waals surface area (Å²) in [7, 11) is 0. The van der Waals surface area contributed by atoms with Crippen LogP contribution in [-0.2, 0) is 29.7 Å². The largest absolute Gasteiger partial charge is 0.393 e. The van der Waals surface area contributed by atoms with Crippen LogP contribution in [0.2, 0.25) is 0 Å². The van der Waals surface area contributed by atoms with Crippen molar-refractivity contribution in [3.8, 4) is 0 Å². The number of ketones is 1. The van der Waals surface area contributed by atoms with Gasteiger partial charge in [0, 0.05) is 17.4 Å². The van der Waals surface area contributed by atoms with E-state index in [4.69, 9.17) is 18.9 Å². The van der Waals surface area contributed by atoms with Crippen molar-refractivity contribution in [2.75, 3.05) is 6.61 Å². The standard InChI is InChI=1S/C27H30O8/c1-13(2)23-11-15(4)26-17-10-14(3)19(29)25(17,31)22(30)24(12-28)21(32-24)18(26)20(23)33-27(34-23,35-26)16-8-6-5-7-9-16/h5-10,15,17-18,20-22,28,30-31H,1,11-12H2,2-4H3/t15-,17-,18?,20-,21+,22-,23-,24+,25-,26+,27-/m1/s1. The smallest absolute Gasteiger partial charge is 0.313 e. The number of benzene rings is 1. The summed E-state index contributed by atoms with van der Waals surface area (Å²) in [5.74, 6) is -3.85. The van der Waals surface area contributed by atoms with Gasteiger partial charge in [0.25, 0.3) is 0 Å². The molecule has 11 atom stereocenters. The van der Waals surface area contributed by atoms with Gasteiger partial charge in [-0.2, -0.15) is 0 Å². The first-order valence-electron chi connectivity index (χ1n) is 12.3. The minimum absolute atomic E-state index is 0.243. The highest BCUT2D eigenvalue weighted by atomic mass is 16.9. The van der Waals surface area contributed by atoms with E-state index in [0.717, 1.165) is 5.57 Å². The van der Waals surface area contributed by atoms with Crippen molar-refractivity contribution in [2.45, 2.75) is 73.9 Å². The highest BCUT2D eigenvalue weighted by molar-refractivity contribution is 6.05. The SMILES string of the molecule is C=C(C)[C@]12C[C@@H](C)[C@@]34O[C@](c5ccccc5)(O[C@@H]1C3[C@@H]1O[C@]1(CO)[C@@H](O)[C@]1(O)C(=O)C(C)=C[C@H]14)O2. The van der Waals surface area contributed by atoms with Gasteiger partial charge in [0.05, 0.1) is 12.2 Å². The molecule has 1 aromatic rings. The molecule has 5 fully saturated rings. The van der Waals surface area contributed by atoms with E-state index in [2.05, 4.69) is 6.58 Å². The number of aliphatic hydroxyl groups excluding tert-OH is 2. The first-order chi connectivity index (χ1) is 16.5. The van der Waals surface area contributed by atoms with E-state index in [0.29, 0.717) is 17.6 Å². The van der Waals surface area contributed by atoms with Crippen LogP contribution in [0.25, 0.3) is 0 Å². The second kappa shape index (κ2) is 6.31. The molecule has 186 valence electrons. The molecule has 3 saturated heterocycles. The topological polar surface area (TPSA) is 118 Å². The van der Waals surface area contributed by atoms with E-state index in [9.17, 15) is 20.1 Å². The van der Waals surface area contributed by atoms with Crippen molar-refractivity contribution >= 4 is 5.78 Å². The lowest BCUT2D eigenvalue weighted by Crippen LogP contribution is -2.72. The Kier molecular flexibility index (Phi) is 4.02. The van der Waals surface area contributed by atoms with Crippen LogP contribution >= 0.6 is 0 Å². The maximum Gasteiger partial charge on any atom is 0.313 e. The number of hydrogen-bond acceptors (Lipinski definition) is 8. The highest BCUT2D eigenvalue weighted by Crippen LogP contribution is 2.73. The number of ether oxygens (including phenoxy) is 4. The quantitative estimate of drug-likeness (QED) is 0.436. The lowest BCUT2D eigenvalue weighted by Gasteiger charge is -2.59. The molecule has 0 radical (unpaired) electrons. The summed E-state index contributed by atoms with van der Waals surface area (Å²) < 4.78 is 26.5. The Balaban J connectivity index is 1.53. The van der Waals surface area contributed by atoms with Crippen LogP contribution in [0.5, 0.6) is 0 Å². The van der Waals surface area contributed by atoms with Crippen molar-refractivity contribution in [1.82, 2.24) is 0 Å². The Morgan fingerprint density at radius 1 is 1.17 bits per heavy atom. The molecule has 0 amide bonds. The number of hydrogen-bond donors (Lipinski definition) is 3. The fourth-order valence-electron chi connectivity index (χ4n) is 8.10. The fraction of sp³-hybridized carbons (Fsp3) is 0.593. The molecule has 1 aromatic carbocycles. The van der Waals surface area contributed by atoms with Gasteiger partial charge in [-0.3, -0.25) is 4.79 Å². The first-order valence-corrected chi connectivity index (χ1v) is 12.3. The summed E-state index contributed by atoms with van der Waals surface area (Å²) in [5, 5.41) is 34.0. The molecule has 3 aliphatic carbocycles. The average molecular weight is 483 g/mol. The lowest BCUT2D eigenvalue weighted by atomic mass is 9.54. The van der Waals surface area contributed by atoms with E-state index in [1.165, 1.54) is 0 Å². The maximum atomic E-state index is 13.5. The molecular formula is C27H30O8. The van der Waals surface area contributed by atoms with Crippen LogP contribution in [0.1, 0.15) is 32.8 Å². The summed E-state index contributed by atoms with van der Waals surface area (Å²) in [6, 6.07) is 9.35. The molecule has 3 bridgehead atoms. The molecule has 6 aliphatic rings. The van der Waals surface area contributed by atoms with Crippen LogP contribution in [-0.4, -0.2) is 68.4 Å². The molecule has 35 heavy (non-hydrogen) atoms. The van der Waals surface area contributed by atoms with Crippen LogP contribution in [0, 0.1) is 17.8 Å². The van der Waals surface area contributed by atoms with Crippen LogP contribution in [0.3, 0.4) is 0 Å². The van der Waals surface area contributed by atoms with Gasteiger partial charge in [-0.05, 0) is 37.3 Å². The number of carbonyl (C=O) groups excluding carboxylic acids is 1. The van der Waals surface area contributed by atoms with E-state index in [1.54, 1.807) is 13.0 Å². The number of aliphatic hydroxyl groups is 3. The predicted molar refractivity (Wildman–Crippen MR) is 121 cm³/mol. The molecule has 2 saturated carbocycles. The summed E-state index contributed by atoms with van der Waals surface area (Å²) in [6.45, 7) is 9.26. The minimum Gasteiger partial charge on any atom is -0.393 e. The molecular weight excluding hydrogens is 452 g/mol. The van der Waals surface area contributed by atoms with Gasteiger partial charge in [0.2, 0.25) is 0 Å². The maximum absolute atomic E-state index is 13.5. The van der Waals surface area contributed by atoms with Crippen molar-refractivity contribution in [3.63, 3.8) is 0 Å². The Morgan fingerprint density at radius 2 is 1.89 bits per heavy atom. The number of fused-ring (bicyclic) bond motifs is 3. The predicted octanol–water partition coefficient (Wildman–Crippen LogP) is 1.33. The van der Waals surface area contributed by atoms with E-state index in [-0.39, 0.29) is 5.92 Å². The van der Waals surface area contributed by atoms with Crippen molar-refractivity contribution in [3.05, 3.63) is 59.7 Å². The number of Topliss-reactive ketones (excluding diaryl/α,β-unsaturated/α-hetero) is 1. The van der Waals surface area contributed by atoms with Gasteiger partial charge >= 0.3 is 5.97 Å². The minimum atomic E-state index is -2.22. The summed E-state index contributed by atoms with van der Waals surface area (Å²) in [6.07, 6.45) is -0.731. The van der Waals surface area contributed by atoms with Gasteiger partial charge in [-0.25, -0.2) is 0 Å². The van der Waals surface area contributed by atoms with Crippen molar-refractivity contribution in [2.24, 2.45) is 17.8 Å². The van der Waals surface area contributed by atoms with Gasteiger partial charge in [-0.1, -0.05) is 49.9 Å². The van der Waals surface area contributed by atoms with Gasteiger partial charge in [0.15, 0.2) is 11.4 Å². The third kappa shape index (κ3) is 2.16. The van der Waals surface area contributed by atoms with Gasteiger partial charge in [-0.15, -0.1) is 0 Å². The van der Waals surface area contributed by atoms with E-state index in [1.807, 2.05) is 44.2 Å². The number of carbonyl (C=O) groups is 1. The Morgan fingerprint density at radius 3 is 2.54 bits per heavy atom.